The minimum absolute atomic E-state index is 0. The minimum Gasteiger partial charge on any atom is -0.180 e. The smallest absolute Gasteiger partial charge is 0 e. The second-order valence-electron chi connectivity index (χ2n) is 9.06. The van der Waals surface area contributed by atoms with Crippen molar-refractivity contribution in [3.8, 4) is 0 Å². The number of benzene rings is 4. The quantitative estimate of drug-likeness (QED) is 0.205. The van der Waals surface area contributed by atoms with Crippen molar-refractivity contribution in [1.29, 1.82) is 0 Å². The zero-order chi connectivity index (χ0) is 28.5. The van der Waals surface area contributed by atoms with Gasteiger partial charge in [0.05, 0.1) is 0 Å². The van der Waals surface area contributed by atoms with Crippen LogP contribution in [0.15, 0.2) is 84.9 Å². The molecule has 38 heavy (non-hydrogen) atoms. The van der Waals surface area contributed by atoms with Crippen LogP contribution in [0, 0.1) is 12.1 Å². The summed E-state index contributed by atoms with van der Waals surface area (Å²) in [5.74, 6) is 0. The van der Waals surface area contributed by atoms with Crippen molar-refractivity contribution in [3.63, 3.8) is 0 Å². The molecule has 4 aromatic carbocycles. The maximum Gasteiger partial charge on any atom is 0 e. The van der Waals surface area contributed by atoms with Gasteiger partial charge in [0.15, 0.2) is 0 Å². The number of hydrogen-bond donors (Lipinski definition) is 0. The van der Waals surface area contributed by atoms with Gasteiger partial charge >= 0.3 is 0 Å². The third-order valence-electron chi connectivity index (χ3n) is 6.12. The molecule has 0 unspecified atom stereocenters. The molecule has 0 nitrogen and oxygen atoms in total. The summed E-state index contributed by atoms with van der Waals surface area (Å²) in [5.41, 5.74) is 5.74. The zero-order valence-corrected chi connectivity index (χ0v) is 29.2. The molecule has 1 aliphatic rings. The Hall–Kier alpha value is -1.76. The second-order valence-corrected chi connectivity index (χ2v) is 9.06. The first-order chi connectivity index (χ1) is 17.9. The monoisotopic (exact) mass is 585 g/mol. The van der Waals surface area contributed by atoms with Gasteiger partial charge in [-0.1, -0.05) is 119 Å². The molecular weight excluding hydrogens is 533 g/mol. The zero-order valence-electron chi connectivity index (χ0n) is 26.4. The van der Waals surface area contributed by atoms with E-state index in [1.54, 1.807) is 0 Å². The fourth-order valence-corrected chi connectivity index (χ4v) is 4.41. The summed E-state index contributed by atoms with van der Waals surface area (Å²) in [5, 5.41) is 2.89. The molecule has 5 rings (SSSR count). The molecule has 0 saturated heterocycles. The number of hydrogen-bond acceptors (Lipinski definition) is 0. The van der Waals surface area contributed by atoms with Crippen molar-refractivity contribution >= 4 is 10.8 Å². The normalized spacial score (nSPS) is 11.6. The van der Waals surface area contributed by atoms with Crippen molar-refractivity contribution in [2.24, 2.45) is 0 Å². The van der Waals surface area contributed by atoms with Crippen molar-refractivity contribution in [2.45, 2.75) is 100 Å². The Kier molecular flexibility index (Phi) is 20.4. The van der Waals surface area contributed by atoms with Crippen LogP contribution in [0.5, 0.6) is 0 Å². The van der Waals surface area contributed by atoms with Crippen LogP contribution in [0.2, 0.25) is 0 Å². The molecule has 0 atom stereocenters. The fourth-order valence-electron chi connectivity index (χ4n) is 4.41. The van der Waals surface area contributed by atoms with Crippen molar-refractivity contribution < 1.29 is 32.7 Å². The van der Waals surface area contributed by atoms with E-state index in [0.29, 0.717) is 5.41 Å². The van der Waals surface area contributed by atoms with Crippen molar-refractivity contribution in [1.82, 2.24) is 0 Å². The molecule has 0 aromatic heterocycles. The van der Waals surface area contributed by atoms with Crippen LogP contribution in [-0.2, 0) is 50.0 Å². The van der Waals surface area contributed by atoms with Crippen LogP contribution in [0.3, 0.4) is 0 Å². The first kappa shape index (κ1) is 38.4. The Balaban J connectivity index is 0. The maximum absolute atomic E-state index is 3.29. The van der Waals surface area contributed by atoms with Crippen LogP contribution in [0.1, 0.15) is 105 Å². The fraction of sp³-hybridized carbons (Fsp3) is 0.405. The van der Waals surface area contributed by atoms with E-state index < -0.39 is 0 Å². The average molecular weight is 586 g/mol. The van der Waals surface area contributed by atoms with Crippen molar-refractivity contribution in [3.05, 3.63) is 119 Å². The average Bonchev–Trinajstić information content (AvgIpc) is 3.25. The molecule has 0 saturated carbocycles. The van der Waals surface area contributed by atoms with Gasteiger partial charge in [0.2, 0.25) is 0 Å². The van der Waals surface area contributed by atoms with E-state index >= 15 is 0 Å². The maximum atomic E-state index is 3.29. The Bertz CT molecular complexity index is 1060. The molecular formula is C37H52Y-2. The largest absolute Gasteiger partial charge is 0.180 e. The van der Waals surface area contributed by atoms with Crippen LogP contribution in [-0.4, -0.2) is 0 Å². The third-order valence-corrected chi connectivity index (χ3v) is 6.12. The summed E-state index contributed by atoms with van der Waals surface area (Å²) in [4.78, 5) is 0. The first-order valence-electron chi connectivity index (χ1n) is 14.3. The van der Waals surface area contributed by atoms with E-state index in [1.165, 1.54) is 39.4 Å². The second kappa shape index (κ2) is 20.2. The van der Waals surface area contributed by atoms with E-state index in [0.717, 1.165) is 0 Å². The van der Waals surface area contributed by atoms with Gasteiger partial charge in [0.25, 0.3) is 0 Å². The summed E-state index contributed by atoms with van der Waals surface area (Å²) in [6.45, 7) is 25.1. The van der Waals surface area contributed by atoms with Gasteiger partial charge < -0.3 is 0 Å². The predicted molar refractivity (Wildman–Crippen MR) is 169 cm³/mol. The molecule has 1 radical (unpaired) electrons. The Morgan fingerprint density at radius 1 is 0.605 bits per heavy atom. The SMILES string of the molecule is CC.CC.CC.CC.CC(C)(c1[c-]cccc1)c1[c-]cccc1.CC1(C)Cc2cccc3cccc1c23.[Y]. The van der Waals surface area contributed by atoms with Gasteiger partial charge in [0, 0.05) is 32.7 Å². The Labute approximate surface area is 261 Å². The van der Waals surface area contributed by atoms with Crippen LogP contribution >= 0.6 is 0 Å². The topological polar surface area (TPSA) is 0 Å². The summed E-state index contributed by atoms with van der Waals surface area (Å²) in [6.07, 6.45) is 1.18. The van der Waals surface area contributed by atoms with E-state index in [2.05, 4.69) is 100 Å². The van der Waals surface area contributed by atoms with E-state index in [9.17, 15) is 0 Å². The number of rotatable bonds is 2. The Morgan fingerprint density at radius 2 is 1.05 bits per heavy atom. The molecule has 1 aliphatic carbocycles. The molecule has 0 bridgehead atoms. The van der Waals surface area contributed by atoms with E-state index in [4.69, 9.17) is 0 Å². The standard InChI is InChI=1S/C15H14.C14H14.4C2H6.Y/c1-15(2,13-9-5-3-6-10-13)14-11-7-4-8-12-14;1-14(2)9-11-7-3-5-10-6-4-8-12(14)13(10)11;4*1-2;/h3-9,11H,1-2H3;3-8H,9H2,1-2H3;4*1-2H3;/q-2;;;;;;. The van der Waals surface area contributed by atoms with Gasteiger partial charge in [-0.15, -0.1) is 0 Å². The van der Waals surface area contributed by atoms with Gasteiger partial charge in [-0.3, -0.25) is 0 Å². The predicted octanol–water partition coefficient (Wildman–Crippen LogP) is 11.4. The summed E-state index contributed by atoms with van der Waals surface area (Å²) in [7, 11) is 0. The molecule has 1 heteroatoms. The molecule has 0 spiro atoms. The van der Waals surface area contributed by atoms with Crippen molar-refractivity contribution in [2.75, 3.05) is 0 Å². The molecule has 4 aromatic rings. The molecule has 0 heterocycles. The van der Waals surface area contributed by atoms with Gasteiger partial charge in [-0.2, -0.15) is 71.8 Å². The third kappa shape index (κ3) is 10.1. The summed E-state index contributed by atoms with van der Waals surface area (Å²) >= 11 is 0. The van der Waals surface area contributed by atoms with Crippen LogP contribution in [0.25, 0.3) is 10.8 Å². The van der Waals surface area contributed by atoms with Crippen LogP contribution < -0.4 is 0 Å². The van der Waals surface area contributed by atoms with E-state index in [-0.39, 0.29) is 38.1 Å². The molecule has 205 valence electrons. The summed E-state index contributed by atoms with van der Waals surface area (Å²) < 4.78 is 0. The minimum atomic E-state index is -0.0253. The van der Waals surface area contributed by atoms with E-state index in [1.807, 2.05) is 79.7 Å². The van der Waals surface area contributed by atoms with Gasteiger partial charge in [-0.25, -0.2) is 0 Å². The Morgan fingerprint density at radius 3 is 1.47 bits per heavy atom. The van der Waals surface area contributed by atoms with Gasteiger partial charge in [-0.05, 0) is 39.2 Å². The van der Waals surface area contributed by atoms with Crippen LogP contribution in [0.4, 0.5) is 0 Å². The summed E-state index contributed by atoms with van der Waals surface area (Å²) in [6, 6.07) is 36.1. The molecule has 0 amide bonds. The molecule has 0 aliphatic heterocycles. The first-order valence-corrected chi connectivity index (χ1v) is 14.3. The molecule has 0 fully saturated rings. The molecule has 0 N–H and O–H groups in total. The van der Waals surface area contributed by atoms with Gasteiger partial charge in [0.1, 0.15) is 0 Å².